The van der Waals surface area contributed by atoms with Crippen LogP contribution in [-0.2, 0) is 6.54 Å². The first-order valence-electron chi connectivity index (χ1n) is 6.54. The number of nitrogens with two attached hydrogens (primary N) is 1. The molecule has 1 rings (SSSR count). The van der Waals surface area contributed by atoms with Gasteiger partial charge >= 0.3 is 0 Å². The number of anilines is 1. The van der Waals surface area contributed by atoms with Crippen molar-refractivity contribution < 1.29 is 4.92 Å². The van der Waals surface area contributed by atoms with E-state index in [2.05, 4.69) is 25.7 Å². The summed E-state index contributed by atoms with van der Waals surface area (Å²) in [6.07, 6.45) is 1.09. The predicted molar refractivity (Wildman–Crippen MR) is 77.9 cm³/mol. The fourth-order valence-corrected chi connectivity index (χ4v) is 2.13. The molecule has 0 aromatic heterocycles. The normalized spacial score (nSPS) is 12.9. The van der Waals surface area contributed by atoms with E-state index in [9.17, 15) is 10.1 Å². The van der Waals surface area contributed by atoms with E-state index >= 15 is 0 Å². The zero-order chi connectivity index (χ0) is 14.6. The van der Waals surface area contributed by atoms with Gasteiger partial charge in [0.05, 0.1) is 4.92 Å². The quantitative estimate of drug-likeness (QED) is 0.487. The van der Waals surface area contributed by atoms with Crippen LogP contribution >= 0.6 is 0 Å². The summed E-state index contributed by atoms with van der Waals surface area (Å²) < 4.78 is 0. The Morgan fingerprint density at radius 3 is 2.53 bits per heavy atom. The van der Waals surface area contributed by atoms with Crippen LogP contribution in [0.25, 0.3) is 0 Å². The van der Waals surface area contributed by atoms with Crippen molar-refractivity contribution in [3.63, 3.8) is 0 Å². The highest BCUT2D eigenvalue weighted by Gasteiger charge is 2.15. The molecule has 5 nitrogen and oxygen atoms in total. The molecule has 0 radical (unpaired) electrons. The molecule has 19 heavy (non-hydrogen) atoms. The van der Waals surface area contributed by atoms with Crippen molar-refractivity contribution in [2.24, 2.45) is 5.92 Å². The number of rotatable bonds is 6. The van der Waals surface area contributed by atoms with E-state index in [0.717, 1.165) is 12.0 Å². The Morgan fingerprint density at radius 1 is 1.37 bits per heavy atom. The second kappa shape index (κ2) is 6.52. The van der Waals surface area contributed by atoms with Crippen LogP contribution in [0.5, 0.6) is 0 Å². The van der Waals surface area contributed by atoms with Crippen LogP contribution < -0.4 is 5.73 Å². The largest absolute Gasteiger partial charge is 0.398 e. The minimum Gasteiger partial charge on any atom is -0.398 e. The number of nitrogens with zero attached hydrogens (tertiary/aromatic N) is 2. The molecule has 1 aromatic carbocycles. The highest BCUT2D eigenvalue weighted by Crippen LogP contribution is 2.22. The Labute approximate surface area is 114 Å². The van der Waals surface area contributed by atoms with Crippen LogP contribution in [0, 0.1) is 16.0 Å². The van der Waals surface area contributed by atoms with E-state index in [1.807, 2.05) is 7.05 Å². The van der Waals surface area contributed by atoms with Gasteiger partial charge in [-0.15, -0.1) is 0 Å². The number of nitro benzene ring substituents is 1. The lowest BCUT2D eigenvalue weighted by Crippen LogP contribution is -2.30. The van der Waals surface area contributed by atoms with Crippen molar-refractivity contribution in [2.45, 2.75) is 39.8 Å². The highest BCUT2D eigenvalue weighted by molar-refractivity contribution is 5.52. The van der Waals surface area contributed by atoms with Gasteiger partial charge < -0.3 is 5.73 Å². The van der Waals surface area contributed by atoms with E-state index in [0.29, 0.717) is 24.2 Å². The molecule has 1 aromatic rings. The van der Waals surface area contributed by atoms with Gasteiger partial charge in [0.15, 0.2) is 0 Å². The van der Waals surface area contributed by atoms with Crippen LogP contribution in [-0.4, -0.2) is 22.9 Å². The van der Waals surface area contributed by atoms with E-state index in [4.69, 9.17) is 5.73 Å². The molecular weight excluding hydrogens is 242 g/mol. The first-order valence-corrected chi connectivity index (χ1v) is 6.54. The number of non-ortho nitro benzene ring substituents is 1. The van der Waals surface area contributed by atoms with Gasteiger partial charge in [-0.25, -0.2) is 0 Å². The third-order valence-corrected chi connectivity index (χ3v) is 3.32. The first kappa shape index (κ1) is 15.4. The molecule has 0 saturated carbocycles. The molecule has 0 spiro atoms. The van der Waals surface area contributed by atoms with Crippen molar-refractivity contribution >= 4 is 11.4 Å². The van der Waals surface area contributed by atoms with E-state index in [1.54, 1.807) is 12.1 Å². The Bertz CT molecular complexity index is 446. The van der Waals surface area contributed by atoms with Crippen LogP contribution in [0.1, 0.15) is 32.8 Å². The minimum atomic E-state index is -0.388. The van der Waals surface area contributed by atoms with Crippen LogP contribution in [0.3, 0.4) is 0 Å². The molecule has 0 bridgehead atoms. The van der Waals surface area contributed by atoms with E-state index in [-0.39, 0.29) is 10.6 Å². The van der Waals surface area contributed by atoms with Gasteiger partial charge in [0.1, 0.15) is 0 Å². The molecule has 0 heterocycles. The smallest absolute Gasteiger partial charge is 0.269 e. The molecule has 0 aliphatic heterocycles. The van der Waals surface area contributed by atoms with Crippen molar-refractivity contribution in [2.75, 3.05) is 12.8 Å². The third-order valence-electron chi connectivity index (χ3n) is 3.32. The van der Waals surface area contributed by atoms with Crippen LogP contribution in [0.15, 0.2) is 18.2 Å². The number of hydrogen-bond donors (Lipinski definition) is 1. The SMILES string of the molecule is CC(C)CC(C)N(C)Cc1cc([N+](=O)[O-])ccc1N. The fourth-order valence-electron chi connectivity index (χ4n) is 2.13. The highest BCUT2D eigenvalue weighted by atomic mass is 16.6. The molecule has 1 atom stereocenters. The maximum atomic E-state index is 10.8. The van der Waals surface area contributed by atoms with Crippen molar-refractivity contribution in [3.8, 4) is 0 Å². The summed E-state index contributed by atoms with van der Waals surface area (Å²) in [7, 11) is 2.02. The summed E-state index contributed by atoms with van der Waals surface area (Å²) in [6.45, 7) is 7.16. The molecule has 0 saturated heterocycles. The first-order chi connectivity index (χ1) is 8.81. The molecule has 0 amide bonds. The standard InChI is InChI=1S/C14H23N3O2/c1-10(2)7-11(3)16(4)9-12-8-13(17(18)19)5-6-14(12)15/h5-6,8,10-11H,7,9,15H2,1-4H3. The second-order valence-electron chi connectivity index (χ2n) is 5.53. The number of nitro groups is 1. The summed E-state index contributed by atoms with van der Waals surface area (Å²) in [5.74, 6) is 0.625. The fraction of sp³-hybridized carbons (Fsp3) is 0.571. The maximum absolute atomic E-state index is 10.8. The van der Waals surface area contributed by atoms with Crippen LogP contribution in [0.4, 0.5) is 11.4 Å². The van der Waals surface area contributed by atoms with Gasteiger partial charge in [-0.1, -0.05) is 13.8 Å². The summed E-state index contributed by atoms with van der Waals surface area (Å²) in [5, 5.41) is 10.8. The molecule has 106 valence electrons. The Morgan fingerprint density at radius 2 is 2.00 bits per heavy atom. The van der Waals surface area contributed by atoms with E-state index < -0.39 is 0 Å². The molecule has 0 fully saturated rings. The van der Waals surface area contributed by atoms with Crippen molar-refractivity contribution in [1.29, 1.82) is 0 Å². The van der Waals surface area contributed by atoms with Gasteiger partial charge in [0.25, 0.3) is 5.69 Å². The zero-order valence-corrected chi connectivity index (χ0v) is 12.1. The predicted octanol–water partition coefficient (Wildman–Crippen LogP) is 3.04. The Hall–Kier alpha value is -1.62. The topological polar surface area (TPSA) is 72.4 Å². The number of hydrogen-bond acceptors (Lipinski definition) is 4. The summed E-state index contributed by atoms with van der Waals surface area (Å²) in [4.78, 5) is 12.6. The van der Waals surface area contributed by atoms with Gasteiger partial charge in [0.2, 0.25) is 0 Å². The van der Waals surface area contributed by atoms with E-state index in [1.165, 1.54) is 6.07 Å². The molecule has 1 unspecified atom stereocenters. The minimum absolute atomic E-state index is 0.0918. The summed E-state index contributed by atoms with van der Waals surface area (Å²) >= 11 is 0. The Kier molecular flexibility index (Phi) is 5.30. The van der Waals surface area contributed by atoms with Crippen molar-refractivity contribution in [3.05, 3.63) is 33.9 Å². The maximum Gasteiger partial charge on any atom is 0.269 e. The lowest BCUT2D eigenvalue weighted by atomic mass is 10.0. The number of nitrogen functional groups attached to an aromatic ring is 1. The van der Waals surface area contributed by atoms with Gasteiger partial charge in [0, 0.05) is 30.4 Å². The molecule has 5 heteroatoms. The third kappa shape index (κ3) is 4.52. The molecule has 0 aliphatic carbocycles. The zero-order valence-electron chi connectivity index (χ0n) is 12.1. The average Bonchev–Trinajstić information content (AvgIpc) is 2.30. The van der Waals surface area contributed by atoms with Gasteiger partial charge in [-0.3, -0.25) is 15.0 Å². The second-order valence-corrected chi connectivity index (χ2v) is 5.53. The molecular formula is C14H23N3O2. The molecule has 0 aliphatic rings. The van der Waals surface area contributed by atoms with Crippen LogP contribution in [0.2, 0.25) is 0 Å². The summed E-state index contributed by atoms with van der Waals surface area (Å²) in [6, 6.07) is 5.03. The van der Waals surface area contributed by atoms with Gasteiger partial charge in [-0.05, 0) is 37.9 Å². The lowest BCUT2D eigenvalue weighted by Gasteiger charge is -2.26. The van der Waals surface area contributed by atoms with Gasteiger partial charge in [-0.2, -0.15) is 0 Å². The monoisotopic (exact) mass is 265 g/mol. The van der Waals surface area contributed by atoms with Crippen molar-refractivity contribution in [1.82, 2.24) is 4.90 Å². The Balaban J connectivity index is 2.80. The average molecular weight is 265 g/mol. The molecule has 2 N–H and O–H groups in total. The number of benzene rings is 1. The lowest BCUT2D eigenvalue weighted by molar-refractivity contribution is -0.384. The summed E-state index contributed by atoms with van der Waals surface area (Å²) in [5.41, 5.74) is 7.40.